The van der Waals surface area contributed by atoms with Crippen molar-refractivity contribution >= 4 is 23.9 Å². The van der Waals surface area contributed by atoms with Gasteiger partial charge in [0.25, 0.3) is 0 Å². The van der Waals surface area contributed by atoms with E-state index < -0.39 is 54.6 Å². The van der Waals surface area contributed by atoms with Gasteiger partial charge in [-0.3, -0.25) is 19.2 Å². The number of rotatable bonds is 10. The molecule has 0 radical (unpaired) electrons. The first-order chi connectivity index (χ1) is 14.1. The zero-order chi connectivity index (χ0) is 22.7. The standard InChI is InChI=1S/C17H25N3O10/c1-9(21)26-8-13-14(27-10(2)22)15(28-11(3)23)16(29-12(4)24)17(30-13)25-7-5-6-19-20-18/h13-17H,5-8H2,1-4H3/t13?,14-,15-,16?,17+/m0/s1. The van der Waals surface area contributed by atoms with Gasteiger partial charge in [-0.25, -0.2) is 0 Å². The molecule has 0 bridgehead atoms. The second kappa shape index (κ2) is 12.6. The van der Waals surface area contributed by atoms with Crippen LogP contribution in [0.15, 0.2) is 5.11 Å². The Hall–Kier alpha value is -2.89. The van der Waals surface area contributed by atoms with Crippen LogP contribution >= 0.6 is 0 Å². The number of nitrogens with zero attached hydrogens (tertiary/aromatic N) is 3. The SMILES string of the molecule is CC(=O)OCC1O[C@@H](OCCCN=[N+]=[N-])C(OC(C)=O)[C@@H](OC(C)=O)[C@H]1OC(C)=O. The maximum atomic E-state index is 11.7. The first-order valence-corrected chi connectivity index (χ1v) is 9.08. The van der Waals surface area contributed by atoms with Crippen molar-refractivity contribution in [2.24, 2.45) is 5.11 Å². The fourth-order valence-corrected chi connectivity index (χ4v) is 2.70. The molecule has 0 N–H and O–H groups in total. The third-order valence-electron chi connectivity index (χ3n) is 3.70. The molecule has 1 fully saturated rings. The first-order valence-electron chi connectivity index (χ1n) is 9.08. The Bertz CT molecular complexity index is 679. The summed E-state index contributed by atoms with van der Waals surface area (Å²) in [7, 11) is 0. The summed E-state index contributed by atoms with van der Waals surface area (Å²) >= 11 is 0. The van der Waals surface area contributed by atoms with Crippen molar-refractivity contribution in [2.75, 3.05) is 19.8 Å². The second-order valence-corrected chi connectivity index (χ2v) is 6.25. The van der Waals surface area contributed by atoms with E-state index in [0.29, 0.717) is 6.42 Å². The molecule has 5 atom stereocenters. The largest absolute Gasteiger partial charge is 0.463 e. The van der Waals surface area contributed by atoms with E-state index in [0.717, 1.165) is 20.8 Å². The molecular weight excluding hydrogens is 406 g/mol. The number of azide groups is 1. The van der Waals surface area contributed by atoms with Crippen LogP contribution in [0.25, 0.3) is 10.4 Å². The highest BCUT2D eigenvalue weighted by Gasteiger charge is 2.52. The van der Waals surface area contributed by atoms with Gasteiger partial charge in [0.05, 0.1) is 6.61 Å². The lowest BCUT2D eigenvalue weighted by Gasteiger charge is -2.44. The summed E-state index contributed by atoms with van der Waals surface area (Å²) in [5, 5.41) is 3.37. The molecule has 1 aliphatic rings. The Balaban J connectivity index is 3.17. The van der Waals surface area contributed by atoms with Gasteiger partial charge in [-0.1, -0.05) is 5.11 Å². The molecule has 1 rings (SSSR count). The van der Waals surface area contributed by atoms with E-state index in [2.05, 4.69) is 10.0 Å². The Labute approximate surface area is 172 Å². The van der Waals surface area contributed by atoms with Gasteiger partial charge in [0.2, 0.25) is 0 Å². The summed E-state index contributed by atoms with van der Waals surface area (Å²) in [6.45, 7) is 4.44. The van der Waals surface area contributed by atoms with Crippen LogP contribution in [0.2, 0.25) is 0 Å². The summed E-state index contributed by atoms with van der Waals surface area (Å²) < 4.78 is 32.0. The van der Waals surface area contributed by atoms with E-state index in [4.69, 9.17) is 34.0 Å². The predicted octanol–water partition coefficient (Wildman–Crippen LogP) is 0.786. The van der Waals surface area contributed by atoms with E-state index in [9.17, 15) is 19.2 Å². The van der Waals surface area contributed by atoms with Gasteiger partial charge in [0.1, 0.15) is 12.7 Å². The van der Waals surface area contributed by atoms with Crippen molar-refractivity contribution in [3.05, 3.63) is 10.4 Å². The normalized spacial score (nSPS) is 25.4. The molecule has 0 amide bonds. The molecule has 30 heavy (non-hydrogen) atoms. The van der Waals surface area contributed by atoms with E-state index in [1.165, 1.54) is 6.92 Å². The molecule has 1 aliphatic heterocycles. The number of carbonyl (C=O) groups is 4. The molecule has 0 spiro atoms. The number of hydrogen-bond acceptors (Lipinski definition) is 11. The summed E-state index contributed by atoms with van der Waals surface area (Å²) in [4.78, 5) is 48.7. The Morgan fingerprint density at radius 2 is 1.47 bits per heavy atom. The zero-order valence-electron chi connectivity index (χ0n) is 17.1. The van der Waals surface area contributed by atoms with Crippen LogP contribution in [0.3, 0.4) is 0 Å². The molecular formula is C17H25N3O10. The third-order valence-corrected chi connectivity index (χ3v) is 3.70. The summed E-state index contributed by atoms with van der Waals surface area (Å²) in [6, 6.07) is 0. The van der Waals surface area contributed by atoms with Crippen LogP contribution in [-0.2, 0) is 47.6 Å². The molecule has 2 unspecified atom stereocenters. The highest BCUT2D eigenvalue weighted by atomic mass is 16.7. The van der Waals surface area contributed by atoms with Crippen molar-refractivity contribution in [2.45, 2.75) is 64.8 Å². The molecule has 13 nitrogen and oxygen atoms in total. The number of esters is 4. The lowest BCUT2D eigenvalue weighted by Crippen LogP contribution is -2.63. The fourth-order valence-electron chi connectivity index (χ4n) is 2.70. The van der Waals surface area contributed by atoms with E-state index in [-0.39, 0.29) is 19.8 Å². The Morgan fingerprint density at radius 3 is 2.00 bits per heavy atom. The van der Waals surface area contributed by atoms with Crippen LogP contribution < -0.4 is 0 Å². The second-order valence-electron chi connectivity index (χ2n) is 6.25. The average Bonchev–Trinajstić information content (AvgIpc) is 2.63. The topological polar surface area (TPSA) is 172 Å². The maximum Gasteiger partial charge on any atom is 0.303 e. The molecule has 0 aromatic heterocycles. The Morgan fingerprint density at radius 1 is 0.900 bits per heavy atom. The lowest BCUT2D eigenvalue weighted by atomic mass is 9.98. The molecule has 0 aliphatic carbocycles. The van der Waals surface area contributed by atoms with Crippen LogP contribution in [0.5, 0.6) is 0 Å². The minimum atomic E-state index is -1.29. The molecule has 168 valence electrons. The molecule has 0 aromatic carbocycles. The quantitative estimate of drug-likeness (QED) is 0.120. The number of carbonyl (C=O) groups excluding carboxylic acids is 4. The van der Waals surface area contributed by atoms with Gasteiger partial charge in [0, 0.05) is 39.2 Å². The average molecular weight is 431 g/mol. The van der Waals surface area contributed by atoms with Crippen LogP contribution in [0.4, 0.5) is 0 Å². The van der Waals surface area contributed by atoms with Crippen LogP contribution in [0.1, 0.15) is 34.1 Å². The monoisotopic (exact) mass is 431 g/mol. The molecule has 0 aromatic rings. The van der Waals surface area contributed by atoms with Gasteiger partial charge in [0.15, 0.2) is 24.6 Å². The fraction of sp³-hybridized carbons (Fsp3) is 0.765. The number of hydrogen-bond donors (Lipinski definition) is 0. The van der Waals surface area contributed by atoms with Gasteiger partial charge in [-0.05, 0) is 12.0 Å². The molecule has 0 saturated carbocycles. The predicted molar refractivity (Wildman–Crippen MR) is 96.5 cm³/mol. The smallest absolute Gasteiger partial charge is 0.303 e. The van der Waals surface area contributed by atoms with Crippen molar-refractivity contribution in [1.82, 2.24) is 0 Å². The Kier molecular flexibility index (Phi) is 10.6. The highest BCUT2D eigenvalue weighted by molar-refractivity contribution is 5.68. The van der Waals surface area contributed by atoms with Gasteiger partial charge < -0.3 is 28.4 Å². The lowest BCUT2D eigenvalue weighted by molar-refractivity contribution is -0.308. The first kappa shape index (κ1) is 25.1. The minimum Gasteiger partial charge on any atom is -0.463 e. The summed E-state index contributed by atoms with van der Waals surface area (Å²) in [5.74, 6) is -2.78. The van der Waals surface area contributed by atoms with Crippen molar-refractivity contribution in [3.63, 3.8) is 0 Å². The van der Waals surface area contributed by atoms with Gasteiger partial charge in [-0.15, -0.1) is 0 Å². The minimum absolute atomic E-state index is 0.0484. The van der Waals surface area contributed by atoms with Crippen molar-refractivity contribution in [3.8, 4) is 0 Å². The number of ether oxygens (including phenoxy) is 6. The van der Waals surface area contributed by atoms with E-state index >= 15 is 0 Å². The molecule has 1 saturated heterocycles. The van der Waals surface area contributed by atoms with Crippen LogP contribution in [-0.4, -0.2) is 74.3 Å². The zero-order valence-corrected chi connectivity index (χ0v) is 17.1. The summed E-state index contributed by atoms with van der Waals surface area (Å²) in [5.41, 5.74) is 8.32. The molecule has 1 heterocycles. The van der Waals surface area contributed by atoms with Crippen molar-refractivity contribution < 1.29 is 47.6 Å². The third kappa shape index (κ3) is 8.64. The van der Waals surface area contributed by atoms with Crippen LogP contribution in [0, 0.1) is 0 Å². The van der Waals surface area contributed by atoms with E-state index in [1.807, 2.05) is 0 Å². The van der Waals surface area contributed by atoms with Crippen molar-refractivity contribution in [1.29, 1.82) is 0 Å². The highest BCUT2D eigenvalue weighted by Crippen LogP contribution is 2.30. The summed E-state index contributed by atoms with van der Waals surface area (Å²) in [6.07, 6.45) is -5.78. The molecule has 13 heteroatoms. The van der Waals surface area contributed by atoms with E-state index in [1.54, 1.807) is 0 Å². The van der Waals surface area contributed by atoms with Gasteiger partial charge >= 0.3 is 23.9 Å². The maximum absolute atomic E-state index is 11.7. The van der Waals surface area contributed by atoms with Gasteiger partial charge in [-0.2, -0.15) is 0 Å².